The highest BCUT2D eigenvalue weighted by molar-refractivity contribution is 6.06. The molecule has 6 heteroatoms. The van der Waals surface area contributed by atoms with Crippen LogP contribution >= 0.6 is 0 Å². The number of nitrogens with one attached hydrogen (secondary N) is 1. The molecule has 1 aromatic carbocycles. The number of fused-ring (bicyclic) bond motifs is 2. The van der Waals surface area contributed by atoms with Crippen molar-refractivity contribution in [2.24, 2.45) is 11.8 Å². The Morgan fingerprint density at radius 2 is 2.04 bits per heavy atom. The molecule has 2 aliphatic rings. The summed E-state index contributed by atoms with van der Waals surface area (Å²) in [5, 5.41) is 3.78. The summed E-state index contributed by atoms with van der Waals surface area (Å²) in [4.78, 5) is 31.1. The number of carbonyl (C=O) groups is 2. The lowest BCUT2D eigenvalue weighted by atomic mass is 9.89. The zero-order valence-corrected chi connectivity index (χ0v) is 15.1. The molecule has 1 aliphatic heterocycles. The molecule has 26 heavy (non-hydrogen) atoms. The van der Waals surface area contributed by atoms with Crippen LogP contribution in [0.15, 0.2) is 30.3 Å². The summed E-state index contributed by atoms with van der Waals surface area (Å²) in [5.74, 6) is 1.40. The topological polar surface area (TPSA) is 71.5 Å². The maximum Gasteiger partial charge on any atom is 0.254 e. The second-order valence-electron chi connectivity index (χ2n) is 7.30. The van der Waals surface area contributed by atoms with Gasteiger partial charge in [0.2, 0.25) is 11.8 Å². The van der Waals surface area contributed by atoms with E-state index in [4.69, 9.17) is 4.74 Å². The molecule has 2 heterocycles. The third-order valence-electron chi connectivity index (χ3n) is 5.83. The van der Waals surface area contributed by atoms with E-state index in [0.29, 0.717) is 29.7 Å². The summed E-state index contributed by atoms with van der Waals surface area (Å²) < 4.78 is 5.28. The third kappa shape index (κ3) is 2.89. The highest BCUT2D eigenvalue weighted by atomic mass is 16.5. The van der Waals surface area contributed by atoms with Crippen molar-refractivity contribution in [3.05, 3.63) is 35.9 Å². The van der Waals surface area contributed by atoms with Crippen LogP contribution in [-0.2, 0) is 4.79 Å². The minimum absolute atomic E-state index is 0.0233. The van der Waals surface area contributed by atoms with Crippen LogP contribution in [-0.4, -0.2) is 48.4 Å². The first kappa shape index (κ1) is 16.8. The molecule has 3 atom stereocenters. The van der Waals surface area contributed by atoms with E-state index in [0.717, 1.165) is 30.3 Å². The number of carbonyl (C=O) groups excluding carboxylic acids is 2. The minimum Gasteiger partial charge on any atom is -0.481 e. The van der Waals surface area contributed by atoms with Crippen molar-refractivity contribution in [1.82, 2.24) is 15.2 Å². The van der Waals surface area contributed by atoms with Gasteiger partial charge in [-0.25, -0.2) is 4.98 Å². The molecule has 136 valence electrons. The highest BCUT2D eigenvalue weighted by Gasteiger charge is 2.40. The van der Waals surface area contributed by atoms with Crippen LogP contribution in [0.1, 0.15) is 29.6 Å². The van der Waals surface area contributed by atoms with Gasteiger partial charge in [-0.05, 0) is 30.7 Å². The maximum absolute atomic E-state index is 13.2. The van der Waals surface area contributed by atoms with E-state index < -0.39 is 0 Å². The SMILES string of the molecule is COc1cc(C(=O)N(C)[C@H]2C[C@H]3CNC(=O)C[C@H]3C2)c2ccccc2n1. The lowest BCUT2D eigenvalue weighted by Crippen LogP contribution is -2.38. The minimum atomic E-state index is -0.0233. The molecule has 1 aliphatic carbocycles. The third-order valence-corrected chi connectivity index (χ3v) is 5.83. The quantitative estimate of drug-likeness (QED) is 0.918. The standard InChI is InChI=1S/C20H23N3O3/c1-23(14-7-12-9-18(24)21-11-13(12)8-14)20(25)16-10-19(26-2)22-17-6-4-3-5-15(16)17/h3-6,10,12-14H,7-9,11H2,1-2H3,(H,21,24)/t12-,13+,14-/m1/s1. The summed E-state index contributed by atoms with van der Waals surface area (Å²) in [6.07, 6.45) is 2.41. The first-order valence-electron chi connectivity index (χ1n) is 9.04. The molecular weight excluding hydrogens is 330 g/mol. The van der Waals surface area contributed by atoms with E-state index in [-0.39, 0.29) is 17.9 Å². The van der Waals surface area contributed by atoms with Crippen LogP contribution in [0.2, 0.25) is 0 Å². The Hall–Kier alpha value is -2.63. The monoisotopic (exact) mass is 353 g/mol. The zero-order chi connectivity index (χ0) is 18.3. The van der Waals surface area contributed by atoms with Crippen molar-refractivity contribution in [3.8, 4) is 5.88 Å². The van der Waals surface area contributed by atoms with Gasteiger partial charge in [-0.1, -0.05) is 18.2 Å². The van der Waals surface area contributed by atoms with Gasteiger partial charge in [0.1, 0.15) is 0 Å². The number of piperidine rings is 1. The number of hydrogen-bond acceptors (Lipinski definition) is 4. The molecule has 0 bridgehead atoms. The zero-order valence-electron chi connectivity index (χ0n) is 15.1. The van der Waals surface area contributed by atoms with E-state index in [9.17, 15) is 9.59 Å². The first-order valence-corrected chi connectivity index (χ1v) is 9.04. The van der Waals surface area contributed by atoms with Crippen LogP contribution in [0.25, 0.3) is 10.9 Å². The summed E-state index contributed by atoms with van der Waals surface area (Å²) in [5.41, 5.74) is 1.36. The fourth-order valence-electron chi connectivity index (χ4n) is 4.34. The summed E-state index contributed by atoms with van der Waals surface area (Å²) in [6.45, 7) is 0.730. The van der Waals surface area contributed by atoms with E-state index in [2.05, 4.69) is 10.3 Å². The number of pyridine rings is 1. The van der Waals surface area contributed by atoms with Crippen molar-refractivity contribution in [1.29, 1.82) is 0 Å². The summed E-state index contributed by atoms with van der Waals surface area (Å²) >= 11 is 0. The van der Waals surface area contributed by atoms with Gasteiger partial charge < -0.3 is 15.0 Å². The maximum atomic E-state index is 13.2. The average Bonchev–Trinajstić information content (AvgIpc) is 3.09. The van der Waals surface area contributed by atoms with Crippen molar-refractivity contribution < 1.29 is 14.3 Å². The van der Waals surface area contributed by atoms with Crippen molar-refractivity contribution >= 4 is 22.7 Å². The number of para-hydroxylation sites is 1. The Kier molecular flexibility index (Phi) is 4.26. The molecule has 2 aromatic rings. The number of rotatable bonds is 3. The number of amides is 2. The van der Waals surface area contributed by atoms with Crippen molar-refractivity contribution in [2.75, 3.05) is 20.7 Å². The molecule has 0 spiro atoms. The summed E-state index contributed by atoms with van der Waals surface area (Å²) in [6, 6.07) is 9.49. The predicted octanol–water partition coefficient (Wildman–Crippen LogP) is 2.23. The fraction of sp³-hybridized carbons (Fsp3) is 0.450. The largest absolute Gasteiger partial charge is 0.481 e. The molecule has 2 amide bonds. The lowest BCUT2D eigenvalue weighted by molar-refractivity contribution is -0.124. The van der Waals surface area contributed by atoms with Crippen molar-refractivity contribution in [2.45, 2.75) is 25.3 Å². The Bertz CT molecular complexity index is 867. The van der Waals surface area contributed by atoms with Crippen LogP contribution in [0, 0.1) is 11.8 Å². The Morgan fingerprint density at radius 3 is 2.85 bits per heavy atom. The second-order valence-corrected chi connectivity index (χ2v) is 7.30. The number of hydrogen-bond donors (Lipinski definition) is 1. The van der Waals surface area contributed by atoms with Gasteiger partial charge in [0.25, 0.3) is 5.91 Å². The summed E-state index contributed by atoms with van der Waals surface area (Å²) in [7, 11) is 3.42. The normalized spacial score (nSPS) is 24.8. The molecule has 6 nitrogen and oxygen atoms in total. The van der Waals surface area contributed by atoms with Gasteiger partial charge in [-0.2, -0.15) is 0 Å². The van der Waals surface area contributed by atoms with Crippen LogP contribution < -0.4 is 10.1 Å². The Morgan fingerprint density at radius 1 is 1.27 bits per heavy atom. The fourth-order valence-corrected chi connectivity index (χ4v) is 4.34. The molecule has 1 N–H and O–H groups in total. The van der Waals surface area contributed by atoms with Gasteiger partial charge in [0.15, 0.2) is 0 Å². The molecule has 0 unspecified atom stereocenters. The second kappa shape index (κ2) is 6.59. The number of benzene rings is 1. The number of ether oxygens (including phenoxy) is 1. The first-order chi connectivity index (χ1) is 12.6. The smallest absolute Gasteiger partial charge is 0.254 e. The lowest BCUT2D eigenvalue weighted by Gasteiger charge is -2.25. The molecule has 1 saturated heterocycles. The van der Waals surface area contributed by atoms with E-state index in [1.165, 1.54) is 0 Å². The highest BCUT2D eigenvalue weighted by Crippen LogP contribution is 2.38. The average molecular weight is 353 g/mol. The number of nitrogens with zero attached hydrogens (tertiary/aromatic N) is 2. The van der Waals surface area contributed by atoms with Gasteiger partial charge >= 0.3 is 0 Å². The van der Waals surface area contributed by atoms with E-state index in [1.807, 2.05) is 36.2 Å². The number of aromatic nitrogens is 1. The molecule has 4 rings (SSSR count). The van der Waals surface area contributed by atoms with Crippen LogP contribution in [0.3, 0.4) is 0 Å². The van der Waals surface area contributed by atoms with Gasteiger partial charge in [0, 0.05) is 37.5 Å². The van der Waals surface area contributed by atoms with Gasteiger partial charge in [-0.3, -0.25) is 9.59 Å². The molecule has 1 saturated carbocycles. The van der Waals surface area contributed by atoms with E-state index in [1.54, 1.807) is 13.2 Å². The van der Waals surface area contributed by atoms with Crippen molar-refractivity contribution in [3.63, 3.8) is 0 Å². The predicted molar refractivity (Wildman–Crippen MR) is 98.0 cm³/mol. The van der Waals surface area contributed by atoms with Crippen LogP contribution in [0.5, 0.6) is 5.88 Å². The number of methoxy groups -OCH3 is 1. The molecule has 0 radical (unpaired) electrons. The molecule has 1 aromatic heterocycles. The molecular formula is C20H23N3O3. The Labute approximate surface area is 152 Å². The van der Waals surface area contributed by atoms with E-state index >= 15 is 0 Å². The van der Waals surface area contributed by atoms with Gasteiger partial charge in [0.05, 0.1) is 18.2 Å². The van der Waals surface area contributed by atoms with Crippen LogP contribution in [0.4, 0.5) is 0 Å². The molecule has 2 fully saturated rings. The van der Waals surface area contributed by atoms with Gasteiger partial charge in [-0.15, -0.1) is 0 Å². The Balaban J connectivity index is 1.61.